The van der Waals surface area contributed by atoms with E-state index in [1.54, 1.807) is 30.3 Å². The van der Waals surface area contributed by atoms with Gasteiger partial charge in [-0.05, 0) is 44.0 Å². The zero-order chi connectivity index (χ0) is 18.9. The zero-order valence-electron chi connectivity index (χ0n) is 15.3. The van der Waals surface area contributed by atoms with Crippen molar-refractivity contribution in [3.05, 3.63) is 65.5 Å². The van der Waals surface area contributed by atoms with E-state index in [2.05, 4.69) is 0 Å². The number of nitrogens with zero attached hydrogens (tertiary/aromatic N) is 1. The second-order valence-corrected chi connectivity index (χ2v) is 9.03. The van der Waals surface area contributed by atoms with Crippen molar-refractivity contribution in [3.8, 4) is 0 Å². The molecule has 2 aromatic carbocycles. The van der Waals surface area contributed by atoms with Crippen LogP contribution in [0.4, 0.5) is 4.39 Å². The van der Waals surface area contributed by atoms with Crippen LogP contribution in [0.5, 0.6) is 0 Å². The Hall–Kier alpha value is -1.76. The van der Waals surface area contributed by atoms with Gasteiger partial charge in [0, 0.05) is 12.1 Å². The van der Waals surface area contributed by atoms with Gasteiger partial charge in [-0.15, -0.1) is 0 Å². The lowest BCUT2D eigenvalue weighted by Gasteiger charge is -2.44. The highest BCUT2D eigenvalue weighted by Gasteiger charge is 2.43. The Kier molecular flexibility index (Phi) is 5.19. The Balaban J connectivity index is 1.95. The first kappa shape index (κ1) is 19.0. The number of halogens is 1. The van der Waals surface area contributed by atoms with E-state index in [1.165, 1.54) is 10.4 Å². The van der Waals surface area contributed by atoms with Crippen LogP contribution >= 0.6 is 0 Å². The maximum Gasteiger partial charge on any atom is 0.243 e. The van der Waals surface area contributed by atoms with Crippen LogP contribution in [0, 0.1) is 5.82 Å². The molecule has 1 atom stereocenters. The summed E-state index contributed by atoms with van der Waals surface area (Å²) in [5, 5.41) is 0. The zero-order valence-corrected chi connectivity index (χ0v) is 16.1. The van der Waals surface area contributed by atoms with E-state index in [9.17, 15) is 12.8 Å². The topological polar surface area (TPSA) is 46.6 Å². The fourth-order valence-corrected chi connectivity index (χ4v) is 4.97. The van der Waals surface area contributed by atoms with Gasteiger partial charge >= 0.3 is 0 Å². The fraction of sp³-hybridized carbons (Fsp3) is 0.400. The summed E-state index contributed by atoms with van der Waals surface area (Å²) in [6, 6.07) is 13.3. The van der Waals surface area contributed by atoms with Crippen molar-refractivity contribution in [2.24, 2.45) is 0 Å². The molecule has 1 saturated heterocycles. The van der Waals surface area contributed by atoms with Crippen LogP contribution in [0.1, 0.15) is 38.0 Å². The molecule has 0 radical (unpaired) electrons. The maximum atomic E-state index is 14.1. The van der Waals surface area contributed by atoms with E-state index in [1.807, 2.05) is 32.9 Å². The van der Waals surface area contributed by atoms with Crippen LogP contribution in [0.15, 0.2) is 53.4 Å². The molecule has 2 aromatic rings. The van der Waals surface area contributed by atoms with Crippen LogP contribution < -0.4 is 0 Å². The normalized spacial score (nSPS) is 20.8. The van der Waals surface area contributed by atoms with Crippen LogP contribution in [0.3, 0.4) is 0 Å². The van der Waals surface area contributed by atoms with Gasteiger partial charge in [0.25, 0.3) is 0 Å². The average Bonchev–Trinajstić information content (AvgIpc) is 2.62. The van der Waals surface area contributed by atoms with Crippen LogP contribution in [0.2, 0.25) is 0 Å². The molecule has 3 rings (SSSR count). The first-order valence-electron chi connectivity index (χ1n) is 8.73. The van der Waals surface area contributed by atoms with Crippen molar-refractivity contribution < 1.29 is 17.5 Å². The molecule has 1 aliphatic rings. The summed E-state index contributed by atoms with van der Waals surface area (Å²) in [5.41, 5.74) is 0.739. The van der Waals surface area contributed by atoms with Crippen molar-refractivity contribution in [2.45, 2.75) is 43.7 Å². The number of ether oxygens (including phenoxy) is 1. The molecule has 0 N–H and O–H groups in total. The third-order valence-corrected chi connectivity index (χ3v) is 6.91. The first-order valence-corrected chi connectivity index (χ1v) is 10.2. The number of benzene rings is 2. The molecule has 1 aliphatic heterocycles. The van der Waals surface area contributed by atoms with E-state index >= 15 is 0 Å². The third kappa shape index (κ3) is 3.54. The Bertz CT molecular complexity index is 878. The van der Waals surface area contributed by atoms with E-state index < -0.39 is 21.7 Å². The Morgan fingerprint density at radius 1 is 1.15 bits per heavy atom. The van der Waals surface area contributed by atoms with Gasteiger partial charge in [-0.2, -0.15) is 4.31 Å². The number of sulfonamides is 1. The van der Waals surface area contributed by atoms with Gasteiger partial charge in [-0.3, -0.25) is 0 Å². The van der Waals surface area contributed by atoms with Crippen LogP contribution in [-0.4, -0.2) is 31.4 Å². The lowest BCUT2D eigenvalue weighted by molar-refractivity contribution is -0.0667. The molecule has 0 amide bonds. The molecule has 1 unspecified atom stereocenters. The second kappa shape index (κ2) is 7.10. The third-order valence-electron chi connectivity index (χ3n) is 4.82. The van der Waals surface area contributed by atoms with Crippen molar-refractivity contribution in [1.82, 2.24) is 4.31 Å². The summed E-state index contributed by atoms with van der Waals surface area (Å²) < 4.78 is 47.9. The van der Waals surface area contributed by atoms with Crippen molar-refractivity contribution in [3.63, 3.8) is 0 Å². The van der Waals surface area contributed by atoms with Gasteiger partial charge in [0.2, 0.25) is 10.0 Å². The predicted octanol–water partition coefficient (Wildman–Crippen LogP) is 3.93. The van der Waals surface area contributed by atoms with E-state index in [4.69, 9.17) is 4.74 Å². The highest BCUT2D eigenvalue weighted by molar-refractivity contribution is 7.89. The van der Waals surface area contributed by atoms with Crippen molar-refractivity contribution in [1.29, 1.82) is 0 Å². The summed E-state index contributed by atoms with van der Waals surface area (Å²) in [7, 11) is -3.72. The molecule has 0 aliphatic carbocycles. The molecule has 0 saturated carbocycles. The van der Waals surface area contributed by atoms with Gasteiger partial charge in [0.05, 0.1) is 23.1 Å². The summed E-state index contributed by atoms with van der Waals surface area (Å²) >= 11 is 0. The van der Waals surface area contributed by atoms with E-state index in [-0.39, 0.29) is 23.9 Å². The van der Waals surface area contributed by atoms with Gasteiger partial charge in [0.15, 0.2) is 0 Å². The molecule has 1 fully saturated rings. The minimum absolute atomic E-state index is 0.0752. The maximum absolute atomic E-state index is 14.1. The van der Waals surface area contributed by atoms with E-state index in [0.717, 1.165) is 12.0 Å². The molecule has 4 nitrogen and oxygen atoms in total. The fourth-order valence-electron chi connectivity index (χ4n) is 3.20. The van der Waals surface area contributed by atoms with Gasteiger partial charge < -0.3 is 4.74 Å². The SMILES string of the molecule is CCc1ccc(S(=O)(=O)N2CC(c3ccccc3F)OCC2(C)C)cc1. The largest absolute Gasteiger partial charge is 0.370 e. The van der Waals surface area contributed by atoms with Gasteiger partial charge in [0.1, 0.15) is 5.82 Å². The molecular formula is C20H24FNO3S. The van der Waals surface area contributed by atoms with Crippen LogP contribution in [-0.2, 0) is 21.2 Å². The summed E-state index contributed by atoms with van der Waals surface area (Å²) in [6.07, 6.45) is 0.215. The first-order chi connectivity index (χ1) is 12.3. The molecule has 0 bridgehead atoms. The summed E-state index contributed by atoms with van der Waals surface area (Å²) in [5.74, 6) is -0.387. The Morgan fingerprint density at radius 3 is 2.42 bits per heavy atom. The standard InChI is InChI=1S/C20H24FNO3S/c1-4-15-9-11-16(12-10-15)26(23,24)22-13-19(25-14-20(22,2)3)17-7-5-6-8-18(17)21/h5-12,19H,4,13-14H2,1-3H3. The lowest BCUT2D eigenvalue weighted by Crippen LogP contribution is -2.56. The highest BCUT2D eigenvalue weighted by atomic mass is 32.2. The average molecular weight is 377 g/mol. The molecule has 0 aromatic heterocycles. The van der Waals surface area contributed by atoms with Crippen molar-refractivity contribution >= 4 is 10.0 Å². The number of aryl methyl sites for hydroxylation is 1. The quantitative estimate of drug-likeness (QED) is 0.811. The highest BCUT2D eigenvalue weighted by Crippen LogP contribution is 2.35. The number of hydrogen-bond acceptors (Lipinski definition) is 3. The smallest absolute Gasteiger partial charge is 0.243 e. The van der Waals surface area contributed by atoms with Gasteiger partial charge in [-0.25, -0.2) is 12.8 Å². The minimum atomic E-state index is -3.72. The molecule has 26 heavy (non-hydrogen) atoms. The number of hydrogen-bond donors (Lipinski definition) is 0. The second-order valence-electron chi connectivity index (χ2n) is 7.17. The Morgan fingerprint density at radius 2 is 1.81 bits per heavy atom. The van der Waals surface area contributed by atoms with Crippen LogP contribution in [0.25, 0.3) is 0 Å². The molecule has 1 heterocycles. The number of rotatable bonds is 4. The molecule has 140 valence electrons. The monoisotopic (exact) mass is 377 g/mol. The predicted molar refractivity (Wildman–Crippen MR) is 98.9 cm³/mol. The molecular weight excluding hydrogens is 353 g/mol. The van der Waals surface area contributed by atoms with E-state index in [0.29, 0.717) is 5.56 Å². The summed E-state index contributed by atoms with van der Waals surface area (Å²) in [4.78, 5) is 0.247. The Labute approximate surface area is 154 Å². The number of morpholine rings is 1. The molecule has 6 heteroatoms. The van der Waals surface area contributed by atoms with Gasteiger partial charge in [-0.1, -0.05) is 37.3 Å². The summed E-state index contributed by atoms with van der Waals surface area (Å²) in [6.45, 7) is 5.93. The molecule has 0 spiro atoms. The lowest BCUT2D eigenvalue weighted by atomic mass is 10.0. The minimum Gasteiger partial charge on any atom is -0.370 e. The van der Waals surface area contributed by atoms with Crippen molar-refractivity contribution in [2.75, 3.05) is 13.2 Å².